The summed E-state index contributed by atoms with van der Waals surface area (Å²) in [4.78, 5) is 0. The Morgan fingerprint density at radius 3 is 0.579 bits per heavy atom. The molecule has 0 fully saturated rings. The maximum Gasteiger partial charge on any atom is -0.0000000000000000277 e. The van der Waals surface area contributed by atoms with Gasteiger partial charge in [0.15, 0.2) is 0 Å². The van der Waals surface area contributed by atoms with Crippen molar-refractivity contribution in [2.24, 2.45) is 0 Å². The highest BCUT2D eigenvalue weighted by Crippen LogP contribution is 1.57. The Hall–Kier alpha value is -4.00. The summed E-state index contributed by atoms with van der Waals surface area (Å²) in [5.41, 5.74) is 41.9. The van der Waals surface area contributed by atoms with Gasteiger partial charge in [0, 0.05) is 0 Å². The zero-order chi connectivity index (χ0) is 14.0. The molecule has 0 radical (unpaired) electrons. The predicted molar refractivity (Wildman–Crippen MR) is 71.0 cm³/mol. The molecule has 0 aromatic carbocycles. The van der Waals surface area contributed by atoms with Gasteiger partial charge in [-0.2, -0.15) is 0 Å². The van der Waals surface area contributed by atoms with E-state index in [-0.39, 0.29) is 0 Å². The summed E-state index contributed by atoms with van der Waals surface area (Å²) in [5.74, 6) is 0. The molecular weight excluding hydrogens is 228 g/mol. The second kappa shape index (κ2) is 14.0. The van der Waals surface area contributed by atoms with E-state index >= 15 is 0 Å². The molecule has 0 bridgehead atoms. The van der Waals surface area contributed by atoms with Crippen molar-refractivity contribution in [2.75, 3.05) is 0 Å². The van der Waals surface area contributed by atoms with Crippen LogP contribution in [-0.4, -0.2) is 0 Å². The smallest absolute Gasteiger partial charge is 0.0000000000000000277 e. The highest BCUT2D eigenvalue weighted by molar-refractivity contribution is 4.92. The summed E-state index contributed by atoms with van der Waals surface area (Å²) in [6, 6.07) is 0. The Bertz CT molecular complexity index is 887. The Morgan fingerprint density at radius 2 is 0.421 bits per heavy atom. The van der Waals surface area contributed by atoms with E-state index in [0.717, 1.165) is 0 Å². The van der Waals surface area contributed by atoms with Crippen molar-refractivity contribution in [3.8, 4) is 0 Å². The molecule has 0 N–H and O–H groups in total. The van der Waals surface area contributed by atoms with Gasteiger partial charge in [0.1, 0.15) is 0 Å². The van der Waals surface area contributed by atoms with Crippen LogP contribution in [0, 0.1) is 0 Å². The Kier molecular flexibility index (Phi) is 11.1. The van der Waals surface area contributed by atoms with Crippen LogP contribution in [0.1, 0.15) is 0 Å². The highest BCUT2D eigenvalue weighted by atomic mass is 13.4. The lowest BCUT2D eigenvalue weighted by Gasteiger charge is -1.40. The molecular formula is C19H4. The molecule has 0 saturated carbocycles. The van der Waals surface area contributed by atoms with E-state index < -0.39 is 0 Å². The minimum absolute atomic E-state index is 2.37. The maximum atomic E-state index is 3.30. The van der Waals surface area contributed by atoms with Gasteiger partial charge in [-0.1, -0.05) is 11.5 Å². The Morgan fingerprint density at radius 1 is 0.263 bits per heavy atom. The van der Waals surface area contributed by atoms with Crippen molar-refractivity contribution in [2.45, 2.75) is 0 Å². The first kappa shape index (κ1) is 15.0. The fourth-order valence-electron chi connectivity index (χ4n) is 0.495. The highest BCUT2D eigenvalue weighted by Gasteiger charge is 1.41. The zero-order valence-corrected chi connectivity index (χ0v) is 9.91. The molecule has 0 heterocycles. The van der Waals surface area contributed by atoms with Gasteiger partial charge in [0.25, 0.3) is 0 Å². The summed E-state index contributed by atoms with van der Waals surface area (Å²) in [5, 5.41) is 0. The van der Waals surface area contributed by atoms with Crippen molar-refractivity contribution in [1.29, 1.82) is 0 Å². The first-order valence-electron chi connectivity index (χ1n) is 4.71. The SMILES string of the molecule is C=C=C=C=C=C=C=C=C=C=C=C=C=C=C=C=C=C=C. The van der Waals surface area contributed by atoms with Gasteiger partial charge in [-0.25, -0.2) is 0 Å². The van der Waals surface area contributed by atoms with Crippen LogP contribution in [-0.2, 0) is 0 Å². The number of hydrogen-bond donors (Lipinski definition) is 0. The third kappa shape index (κ3) is 14.0. The summed E-state index contributed by atoms with van der Waals surface area (Å²) < 4.78 is 0. The van der Waals surface area contributed by atoms with E-state index in [2.05, 4.69) is 111 Å². The first-order chi connectivity index (χ1) is 9.41. The van der Waals surface area contributed by atoms with Gasteiger partial charge in [-0.15, -0.1) is 0 Å². The van der Waals surface area contributed by atoms with E-state index in [1.807, 2.05) is 0 Å². The molecule has 0 amide bonds. The fraction of sp³-hybridized carbons (Fsp3) is 0. The van der Waals surface area contributed by atoms with Crippen molar-refractivity contribution in [3.05, 3.63) is 111 Å². The van der Waals surface area contributed by atoms with Crippen molar-refractivity contribution < 1.29 is 0 Å². The monoisotopic (exact) mass is 232 g/mol. The van der Waals surface area contributed by atoms with Gasteiger partial charge in [-0.3, -0.25) is 0 Å². The molecule has 0 aliphatic rings. The summed E-state index contributed by atoms with van der Waals surface area (Å²) in [6.07, 6.45) is 0. The van der Waals surface area contributed by atoms with Crippen molar-refractivity contribution in [1.82, 2.24) is 0 Å². The van der Waals surface area contributed by atoms with E-state index in [4.69, 9.17) is 0 Å². The van der Waals surface area contributed by atoms with Crippen molar-refractivity contribution >= 4 is 0 Å². The van der Waals surface area contributed by atoms with Crippen LogP contribution in [0.3, 0.4) is 0 Å². The van der Waals surface area contributed by atoms with Gasteiger partial charge in [0.2, 0.25) is 0 Å². The first-order valence-corrected chi connectivity index (χ1v) is 4.71. The molecule has 0 atom stereocenters. The summed E-state index contributed by atoms with van der Waals surface area (Å²) >= 11 is 0. The molecule has 0 aromatic heterocycles. The lowest BCUT2D eigenvalue weighted by Crippen LogP contribution is -1.24. The average Bonchev–Trinajstić information content (AvgIpc) is 2.43. The molecule has 0 rings (SSSR count). The predicted octanol–water partition coefficient (Wildman–Crippen LogP) is 3.44. The standard InChI is InChI=1S/C19H4/c1-3-5-7-9-11-13-15-17-19-18-16-14-12-10-8-6-4-2/h1-2H2. The normalized spacial score (nSPS) is 3.79. The van der Waals surface area contributed by atoms with Crippen LogP contribution in [0.2, 0.25) is 0 Å². The number of rotatable bonds is 0. The van der Waals surface area contributed by atoms with Crippen LogP contribution >= 0.6 is 0 Å². The molecule has 0 spiro atoms. The minimum Gasteiger partial charge on any atom is -0.0687 e. The third-order valence-electron chi connectivity index (χ3n) is 1.05. The maximum absolute atomic E-state index is 3.30. The number of hydrogen-bond acceptors (Lipinski definition) is 0. The Balaban J connectivity index is 5.75. The molecule has 0 saturated heterocycles. The molecule has 80 valence electrons. The molecule has 0 heteroatoms. The molecule has 19 heavy (non-hydrogen) atoms. The average molecular weight is 232 g/mol. The van der Waals surface area contributed by atoms with Crippen LogP contribution in [0.5, 0.6) is 0 Å². The van der Waals surface area contributed by atoms with E-state index in [1.165, 1.54) is 0 Å². The van der Waals surface area contributed by atoms with Gasteiger partial charge >= 0.3 is 0 Å². The molecule has 0 aliphatic carbocycles. The third-order valence-corrected chi connectivity index (χ3v) is 1.05. The molecule has 0 unspecified atom stereocenters. The largest absolute Gasteiger partial charge is 0.0687 e. The van der Waals surface area contributed by atoms with Crippen molar-refractivity contribution in [3.63, 3.8) is 0 Å². The lowest BCUT2D eigenvalue weighted by molar-refractivity contribution is 2.12. The molecule has 0 aromatic rings. The lowest BCUT2D eigenvalue weighted by atomic mass is 10.6. The topological polar surface area (TPSA) is 0 Å². The quantitative estimate of drug-likeness (QED) is 0.561. The van der Waals surface area contributed by atoms with Gasteiger partial charge in [-0.05, 0) is 99.1 Å². The van der Waals surface area contributed by atoms with E-state index in [1.54, 1.807) is 0 Å². The minimum atomic E-state index is 2.37. The van der Waals surface area contributed by atoms with Crippen LogP contribution < -0.4 is 0 Å². The summed E-state index contributed by atoms with van der Waals surface area (Å²) in [7, 11) is 0. The van der Waals surface area contributed by atoms with E-state index in [0.29, 0.717) is 0 Å². The van der Waals surface area contributed by atoms with Crippen LogP contribution in [0.15, 0.2) is 111 Å². The Labute approximate surface area is 111 Å². The fourth-order valence-corrected chi connectivity index (χ4v) is 0.495. The molecule has 0 nitrogen and oxygen atoms in total. The van der Waals surface area contributed by atoms with Gasteiger partial charge < -0.3 is 0 Å². The second-order valence-corrected chi connectivity index (χ2v) is 2.23. The van der Waals surface area contributed by atoms with E-state index in [9.17, 15) is 0 Å². The van der Waals surface area contributed by atoms with Gasteiger partial charge in [0.05, 0.1) is 0 Å². The summed E-state index contributed by atoms with van der Waals surface area (Å²) in [6.45, 7) is 6.59. The second-order valence-electron chi connectivity index (χ2n) is 2.23. The van der Waals surface area contributed by atoms with Crippen LogP contribution in [0.25, 0.3) is 0 Å². The molecule has 0 aliphatic heterocycles. The van der Waals surface area contributed by atoms with Crippen LogP contribution in [0.4, 0.5) is 0 Å². The zero-order valence-electron chi connectivity index (χ0n) is 9.91.